The number of hydrogen-bond acceptors (Lipinski definition) is 3. The summed E-state index contributed by atoms with van der Waals surface area (Å²) < 4.78 is 0. The molecule has 0 aromatic heterocycles. The van der Waals surface area contributed by atoms with Gasteiger partial charge in [0.15, 0.2) is 0 Å². The molecule has 1 amide bonds. The summed E-state index contributed by atoms with van der Waals surface area (Å²) in [4.78, 5) is 12.1. The number of anilines is 1. The van der Waals surface area contributed by atoms with Crippen molar-refractivity contribution in [2.45, 2.75) is 40.0 Å². The summed E-state index contributed by atoms with van der Waals surface area (Å²) in [7, 11) is 0. The van der Waals surface area contributed by atoms with Crippen molar-refractivity contribution in [3.63, 3.8) is 0 Å². The van der Waals surface area contributed by atoms with Crippen molar-refractivity contribution in [3.8, 4) is 0 Å². The molecule has 21 heavy (non-hydrogen) atoms. The Morgan fingerprint density at radius 1 is 1.29 bits per heavy atom. The number of nitrogens with one attached hydrogen (secondary N) is 1. The summed E-state index contributed by atoms with van der Waals surface area (Å²) in [6.07, 6.45) is 3.38. The molecule has 1 aromatic rings. The van der Waals surface area contributed by atoms with Gasteiger partial charge in [0.25, 0.3) is 5.91 Å². The molecule has 4 nitrogen and oxygen atoms in total. The lowest BCUT2D eigenvalue weighted by Crippen LogP contribution is -2.31. The average Bonchev–Trinajstić information content (AvgIpc) is 2.45. The summed E-state index contributed by atoms with van der Waals surface area (Å²) in [5, 5.41) is 4.42. The largest absolute Gasteiger partial charge is 0.399 e. The lowest BCUT2D eigenvalue weighted by molar-refractivity contribution is 0.0954. The van der Waals surface area contributed by atoms with Gasteiger partial charge in [-0.05, 0) is 55.4 Å². The van der Waals surface area contributed by atoms with Gasteiger partial charge in [-0.3, -0.25) is 4.79 Å². The first kappa shape index (κ1) is 15.5. The molecule has 1 saturated carbocycles. The van der Waals surface area contributed by atoms with Gasteiger partial charge < -0.3 is 5.73 Å². The minimum absolute atomic E-state index is 0.178. The molecule has 0 saturated heterocycles. The average molecular weight is 287 g/mol. The van der Waals surface area contributed by atoms with Gasteiger partial charge in [-0.1, -0.05) is 20.8 Å². The summed E-state index contributed by atoms with van der Waals surface area (Å²) >= 11 is 0. The third-order valence-corrected chi connectivity index (χ3v) is 4.23. The van der Waals surface area contributed by atoms with Crippen LogP contribution in [0.4, 0.5) is 5.69 Å². The molecular formula is C17H25N3O. The lowest BCUT2D eigenvalue weighted by atomic mass is 9.76. The van der Waals surface area contributed by atoms with Crippen molar-refractivity contribution in [1.82, 2.24) is 5.43 Å². The fraction of sp³-hybridized carbons (Fsp3) is 0.529. The lowest BCUT2D eigenvalue weighted by Gasteiger charge is -2.30. The second-order valence-electron chi connectivity index (χ2n) is 6.40. The van der Waals surface area contributed by atoms with Crippen LogP contribution in [-0.4, -0.2) is 11.6 Å². The SMILES string of the molecule is CC(C)[C@H]1CC[C@H](C)C/C1=N/NC(=O)c1ccc(N)cc1. The van der Waals surface area contributed by atoms with Crippen LogP contribution >= 0.6 is 0 Å². The summed E-state index contributed by atoms with van der Waals surface area (Å²) in [5.74, 6) is 1.51. The zero-order valence-electron chi connectivity index (χ0n) is 13.1. The van der Waals surface area contributed by atoms with Gasteiger partial charge in [0.2, 0.25) is 0 Å². The van der Waals surface area contributed by atoms with Gasteiger partial charge in [-0.15, -0.1) is 0 Å². The number of benzene rings is 1. The second kappa shape index (κ2) is 6.74. The maximum Gasteiger partial charge on any atom is 0.271 e. The van der Waals surface area contributed by atoms with Gasteiger partial charge in [0.1, 0.15) is 0 Å². The van der Waals surface area contributed by atoms with Gasteiger partial charge >= 0.3 is 0 Å². The number of nitrogen functional groups attached to an aromatic ring is 1. The molecule has 1 aliphatic rings. The monoisotopic (exact) mass is 287 g/mol. The Labute approximate surface area is 126 Å². The van der Waals surface area contributed by atoms with Gasteiger partial charge in [0.05, 0.1) is 0 Å². The van der Waals surface area contributed by atoms with E-state index in [0.717, 1.165) is 18.6 Å². The normalized spacial score (nSPS) is 24.3. The van der Waals surface area contributed by atoms with E-state index in [4.69, 9.17) is 5.73 Å². The number of hydrogen-bond donors (Lipinski definition) is 2. The number of carbonyl (C=O) groups is 1. The molecule has 114 valence electrons. The Morgan fingerprint density at radius 3 is 2.57 bits per heavy atom. The van der Waals surface area contributed by atoms with Crippen molar-refractivity contribution < 1.29 is 4.79 Å². The van der Waals surface area contributed by atoms with Crippen LogP contribution in [0.2, 0.25) is 0 Å². The Bertz CT molecular complexity index is 519. The van der Waals surface area contributed by atoms with Crippen molar-refractivity contribution in [2.24, 2.45) is 22.9 Å². The van der Waals surface area contributed by atoms with E-state index in [2.05, 4.69) is 31.3 Å². The smallest absolute Gasteiger partial charge is 0.271 e. The molecule has 2 atom stereocenters. The van der Waals surface area contributed by atoms with Crippen LogP contribution < -0.4 is 11.2 Å². The van der Waals surface area contributed by atoms with Crippen molar-refractivity contribution in [3.05, 3.63) is 29.8 Å². The minimum Gasteiger partial charge on any atom is -0.399 e. The first-order chi connectivity index (χ1) is 9.97. The van der Waals surface area contributed by atoms with E-state index in [1.165, 1.54) is 6.42 Å². The highest BCUT2D eigenvalue weighted by atomic mass is 16.2. The van der Waals surface area contributed by atoms with E-state index in [0.29, 0.717) is 29.0 Å². The quantitative estimate of drug-likeness (QED) is 0.660. The van der Waals surface area contributed by atoms with E-state index in [-0.39, 0.29) is 5.91 Å². The van der Waals surface area contributed by atoms with E-state index < -0.39 is 0 Å². The van der Waals surface area contributed by atoms with Gasteiger partial charge in [0, 0.05) is 22.9 Å². The number of rotatable bonds is 3. The maximum absolute atomic E-state index is 12.1. The minimum atomic E-state index is -0.178. The summed E-state index contributed by atoms with van der Waals surface area (Å²) in [5.41, 5.74) is 10.7. The standard InChI is InChI=1S/C17H25N3O/c1-11(2)15-9-4-12(3)10-16(15)19-20-17(21)13-5-7-14(18)8-6-13/h5-8,11-12,15H,4,9-10,18H2,1-3H3,(H,20,21)/b19-16-/t12-,15+/m0/s1. The van der Waals surface area contributed by atoms with E-state index in [9.17, 15) is 4.79 Å². The topological polar surface area (TPSA) is 67.5 Å². The fourth-order valence-electron chi connectivity index (χ4n) is 2.91. The van der Waals surface area contributed by atoms with Gasteiger partial charge in [-0.2, -0.15) is 5.10 Å². The highest BCUT2D eigenvalue weighted by molar-refractivity contribution is 5.96. The van der Waals surface area contributed by atoms with Crippen molar-refractivity contribution in [1.29, 1.82) is 0 Å². The third kappa shape index (κ3) is 4.06. The van der Waals surface area contributed by atoms with Crippen LogP contribution in [0.3, 0.4) is 0 Å². The van der Waals surface area contributed by atoms with E-state index in [1.54, 1.807) is 24.3 Å². The Hall–Kier alpha value is -1.84. The first-order valence-electron chi connectivity index (χ1n) is 7.69. The third-order valence-electron chi connectivity index (χ3n) is 4.23. The zero-order chi connectivity index (χ0) is 15.4. The second-order valence-corrected chi connectivity index (χ2v) is 6.40. The zero-order valence-corrected chi connectivity index (χ0v) is 13.1. The van der Waals surface area contributed by atoms with Crippen LogP contribution in [0.25, 0.3) is 0 Å². The summed E-state index contributed by atoms with van der Waals surface area (Å²) in [6.45, 7) is 6.68. The van der Waals surface area contributed by atoms with Crippen LogP contribution in [0, 0.1) is 17.8 Å². The number of nitrogens with two attached hydrogens (primary N) is 1. The van der Waals surface area contributed by atoms with E-state index >= 15 is 0 Å². The number of hydrazone groups is 1. The molecule has 0 aliphatic heterocycles. The van der Waals surface area contributed by atoms with Crippen LogP contribution in [0.5, 0.6) is 0 Å². The molecule has 0 radical (unpaired) electrons. The molecule has 0 heterocycles. The first-order valence-corrected chi connectivity index (χ1v) is 7.69. The van der Waals surface area contributed by atoms with Crippen LogP contribution in [-0.2, 0) is 0 Å². The molecule has 0 unspecified atom stereocenters. The maximum atomic E-state index is 12.1. The van der Waals surface area contributed by atoms with E-state index in [1.807, 2.05) is 0 Å². The predicted molar refractivity (Wildman–Crippen MR) is 87.1 cm³/mol. The molecular weight excluding hydrogens is 262 g/mol. The number of amides is 1. The summed E-state index contributed by atoms with van der Waals surface area (Å²) in [6, 6.07) is 6.88. The molecule has 1 fully saturated rings. The highest BCUT2D eigenvalue weighted by Gasteiger charge is 2.27. The predicted octanol–water partition coefficient (Wildman–Crippen LogP) is 3.45. The molecule has 0 bridgehead atoms. The fourth-order valence-corrected chi connectivity index (χ4v) is 2.91. The molecule has 1 aliphatic carbocycles. The molecule has 4 heteroatoms. The molecule has 3 N–H and O–H groups in total. The molecule has 2 rings (SSSR count). The van der Waals surface area contributed by atoms with Crippen LogP contribution in [0.15, 0.2) is 29.4 Å². The Morgan fingerprint density at radius 2 is 1.95 bits per heavy atom. The van der Waals surface area contributed by atoms with Gasteiger partial charge in [-0.25, -0.2) is 5.43 Å². The molecule has 0 spiro atoms. The van der Waals surface area contributed by atoms with Crippen molar-refractivity contribution in [2.75, 3.05) is 5.73 Å². The Kier molecular flexibility index (Phi) is 4.99. The van der Waals surface area contributed by atoms with Crippen molar-refractivity contribution >= 4 is 17.3 Å². The highest BCUT2D eigenvalue weighted by Crippen LogP contribution is 2.31. The Balaban J connectivity index is 2.06. The number of nitrogens with zero attached hydrogens (tertiary/aromatic N) is 1. The molecule has 1 aromatic carbocycles. The number of carbonyl (C=O) groups excluding carboxylic acids is 1. The van der Waals surface area contributed by atoms with Crippen LogP contribution in [0.1, 0.15) is 50.4 Å².